The van der Waals surface area contributed by atoms with E-state index in [9.17, 15) is 5.11 Å². The van der Waals surface area contributed by atoms with Gasteiger partial charge < -0.3 is 10.8 Å². The van der Waals surface area contributed by atoms with Crippen molar-refractivity contribution in [2.75, 3.05) is 0 Å². The molecular formula is C16H17NO. The fraction of sp³-hybridized carbons (Fsp3) is 0.250. The molecule has 18 heavy (non-hydrogen) atoms. The summed E-state index contributed by atoms with van der Waals surface area (Å²) in [5.41, 5.74) is 10.0. The first-order valence-electron chi connectivity index (χ1n) is 6.38. The second-order valence-corrected chi connectivity index (χ2v) is 4.97. The maximum absolute atomic E-state index is 9.70. The van der Waals surface area contributed by atoms with Gasteiger partial charge in [0, 0.05) is 12.0 Å². The van der Waals surface area contributed by atoms with Gasteiger partial charge in [-0.3, -0.25) is 0 Å². The average Bonchev–Trinajstić information content (AvgIpc) is 2.39. The highest BCUT2D eigenvalue weighted by Crippen LogP contribution is 2.37. The van der Waals surface area contributed by atoms with E-state index in [0.717, 1.165) is 12.8 Å². The minimum absolute atomic E-state index is 0.127. The number of hydrogen-bond acceptors (Lipinski definition) is 2. The Morgan fingerprint density at radius 3 is 2.61 bits per heavy atom. The normalized spacial score (nSPS) is 22.5. The summed E-state index contributed by atoms with van der Waals surface area (Å²) in [7, 11) is 0. The zero-order chi connectivity index (χ0) is 12.5. The fourth-order valence-electron chi connectivity index (χ4n) is 2.91. The molecule has 0 heterocycles. The van der Waals surface area contributed by atoms with Crippen molar-refractivity contribution in [3.8, 4) is 5.75 Å². The average molecular weight is 239 g/mol. The summed E-state index contributed by atoms with van der Waals surface area (Å²) in [4.78, 5) is 0. The number of hydrogen-bond donors (Lipinski definition) is 2. The quantitative estimate of drug-likeness (QED) is 0.803. The lowest BCUT2D eigenvalue weighted by molar-refractivity contribution is 0.467. The molecule has 0 radical (unpaired) electrons. The molecule has 3 N–H and O–H groups in total. The molecule has 0 bridgehead atoms. The van der Waals surface area contributed by atoms with Crippen LogP contribution in [0.25, 0.3) is 0 Å². The van der Waals surface area contributed by atoms with Crippen LogP contribution in [0, 0.1) is 0 Å². The lowest BCUT2D eigenvalue weighted by Crippen LogP contribution is -2.33. The number of benzene rings is 2. The Bertz CT molecular complexity index is 550. The van der Waals surface area contributed by atoms with Crippen molar-refractivity contribution in [1.82, 2.24) is 0 Å². The van der Waals surface area contributed by atoms with Gasteiger partial charge in [-0.2, -0.15) is 0 Å². The van der Waals surface area contributed by atoms with E-state index in [1.807, 2.05) is 30.3 Å². The standard InChI is InChI=1S/C16H17NO/c17-15-9-7-11-6-8-13(18)10-14(11)16(15)12-4-2-1-3-5-12/h1-6,8,10,15-16,18H,7,9,17H2/t15-,16-/m0/s1. The summed E-state index contributed by atoms with van der Waals surface area (Å²) in [6, 6.07) is 16.1. The van der Waals surface area contributed by atoms with Crippen LogP contribution < -0.4 is 5.73 Å². The van der Waals surface area contributed by atoms with Crippen LogP contribution in [-0.4, -0.2) is 11.1 Å². The summed E-state index contributed by atoms with van der Waals surface area (Å²) < 4.78 is 0. The molecule has 0 aliphatic heterocycles. The zero-order valence-corrected chi connectivity index (χ0v) is 10.2. The predicted molar refractivity (Wildman–Crippen MR) is 72.7 cm³/mol. The molecule has 0 saturated carbocycles. The van der Waals surface area contributed by atoms with Crippen molar-refractivity contribution in [2.45, 2.75) is 24.8 Å². The Kier molecular flexibility index (Phi) is 2.80. The topological polar surface area (TPSA) is 46.2 Å². The molecule has 2 aromatic rings. The van der Waals surface area contributed by atoms with Gasteiger partial charge in [0.2, 0.25) is 0 Å². The van der Waals surface area contributed by atoms with Crippen LogP contribution in [-0.2, 0) is 6.42 Å². The van der Waals surface area contributed by atoms with Crippen molar-refractivity contribution >= 4 is 0 Å². The number of aryl methyl sites for hydroxylation is 1. The maximum atomic E-state index is 9.70. The summed E-state index contributed by atoms with van der Waals surface area (Å²) in [6.45, 7) is 0. The number of fused-ring (bicyclic) bond motifs is 1. The molecule has 3 rings (SSSR count). The molecule has 2 atom stereocenters. The Balaban J connectivity index is 2.12. The van der Waals surface area contributed by atoms with Crippen molar-refractivity contribution in [2.24, 2.45) is 5.73 Å². The maximum Gasteiger partial charge on any atom is 0.115 e. The number of phenols is 1. The minimum Gasteiger partial charge on any atom is -0.508 e. The monoisotopic (exact) mass is 239 g/mol. The van der Waals surface area contributed by atoms with E-state index in [-0.39, 0.29) is 12.0 Å². The molecule has 0 unspecified atom stereocenters. The lowest BCUT2D eigenvalue weighted by atomic mass is 9.76. The Morgan fingerprint density at radius 1 is 1.06 bits per heavy atom. The van der Waals surface area contributed by atoms with E-state index in [4.69, 9.17) is 5.73 Å². The third-order valence-electron chi connectivity index (χ3n) is 3.80. The van der Waals surface area contributed by atoms with E-state index in [2.05, 4.69) is 12.1 Å². The molecule has 0 spiro atoms. The smallest absolute Gasteiger partial charge is 0.115 e. The van der Waals surface area contributed by atoms with Gasteiger partial charge in [-0.25, -0.2) is 0 Å². The molecule has 2 heteroatoms. The highest BCUT2D eigenvalue weighted by atomic mass is 16.3. The van der Waals surface area contributed by atoms with Gasteiger partial charge in [0.05, 0.1) is 0 Å². The Morgan fingerprint density at radius 2 is 1.83 bits per heavy atom. The Hall–Kier alpha value is -1.80. The summed E-state index contributed by atoms with van der Waals surface area (Å²) >= 11 is 0. The summed E-state index contributed by atoms with van der Waals surface area (Å²) in [5, 5.41) is 9.70. The van der Waals surface area contributed by atoms with Crippen LogP contribution in [0.3, 0.4) is 0 Å². The largest absolute Gasteiger partial charge is 0.508 e. The van der Waals surface area contributed by atoms with Gasteiger partial charge in [0.15, 0.2) is 0 Å². The first-order chi connectivity index (χ1) is 8.75. The number of rotatable bonds is 1. The van der Waals surface area contributed by atoms with Gasteiger partial charge >= 0.3 is 0 Å². The minimum atomic E-state index is 0.127. The predicted octanol–water partition coefficient (Wildman–Crippen LogP) is 2.80. The highest BCUT2D eigenvalue weighted by molar-refractivity contribution is 5.45. The van der Waals surface area contributed by atoms with Gasteiger partial charge in [0.25, 0.3) is 0 Å². The van der Waals surface area contributed by atoms with Crippen molar-refractivity contribution in [1.29, 1.82) is 0 Å². The molecule has 2 nitrogen and oxygen atoms in total. The number of aromatic hydroxyl groups is 1. The zero-order valence-electron chi connectivity index (χ0n) is 10.2. The van der Waals surface area contributed by atoms with Crippen LogP contribution >= 0.6 is 0 Å². The number of phenolic OH excluding ortho intramolecular Hbond substituents is 1. The fourth-order valence-corrected chi connectivity index (χ4v) is 2.91. The molecule has 1 aliphatic carbocycles. The van der Waals surface area contributed by atoms with Crippen LogP contribution in [0.5, 0.6) is 5.75 Å². The van der Waals surface area contributed by atoms with Gasteiger partial charge in [-0.05, 0) is 41.7 Å². The van der Waals surface area contributed by atoms with E-state index >= 15 is 0 Å². The highest BCUT2D eigenvalue weighted by Gasteiger charge is 2.28. The number of nitrogens with two attached hydrogens (primary N) is 1. The molecule has 0 saturated heterocycles. The van der Waals surface area contributed by atoms with E-state index in [1.54, 1.807) is 6.07 Å². The second kappa shape index (κ2) is 4.46. The first-order valence-corrected chi connectivity index (χ1v) is 6.38. The SMILES string of the molecule is N[C@H]1CCc2ccc(O)cc2[C@@H]1c1ccccc1. The van der Waals surface area contributed by atoms with E-state index < -0.39 is 0 Å². The van der Waals surface area contributed by atoms with E-state index in [0.29, 0.717) is 5.75 Å². The van der Waals surface area contributed by atoms with Crippen LogP contribution in [0.2, 0.25) is 0 Å². The third kappa shape index (κ3) is 1.89. The first kappa shape index (κ1) is 11.3. The molecule has 0 fully saturated rings. The molecule has 0 aromatic heterocycles. The summed E-state index contributed by atoms with van der Waals surface area (Å²) in [6.07, 6.45) is 2.00. The molecule has 92 valence electrons. The van der Waals surface area contributed by atoms with Crippen molar-refractivity contribution < 1.29 is 5.11 Å². The van der Waals surface area contributed by atoms with Gasteiger partial charge in [-0.15, -0.1) is 0 Å². The van der Waals surface area contributed by atoms with Crippen LogP contribution in [0.15, 0.2) is 48.5 Å². The van der Waals surface area contributed by atoms with Crippen LogP contribution in [0.1, 0.15) is 29.0 Å². The van der Waals surface area contributed by atoms with Crippen LogP contribution in [0.4, 0.5) is 0 Å². The lowest BCUT2D eigenvalue weighted by Gasteiger charge is -2.31. The summed E-state index contributed by atoms with van der Waals surface area (Å²) in [5.74, 6) is 0.519. The molecule has 0 amide bonds. The van der Waals surface area contributed by atoms with Crippen molar-refractivity contribution in [3.63, 3.8) is 0 Å². The molecular weight excluding hydrogens is 222 g/mol. The molecule has 2 aromatic carbocycles. The second-order valence-electron chi connectivity index (χ2n) is 4.97. The van der Waals surface area contributed by atoms with Crippen molar-refractivity contribution in [3.05, 3.63) is 65.2 Å². The third-order valence-corrected chi connectivity index (χ3v) is 3.80. The van der Waals surface area contributed by atoms with Gasteiger partial charge in [0.1, 0.15) is 5.75 Å². The molecule has 1 aliphatic rings. The van der Waals surface area contributed by atoms with E-state index in [1.165, 1.54) is 16.7 Å². The van der Waals surface area contributed by atoms with Gasteiger partial charge in [-0.1, -0.05) is 36.4 Å². The Labute approximate surface area is 107 Å².